The van der Waals surface area contributed by atoms with E-state index in [4.69, 9.17) is 0 Å². The highest BCUT2D eigenvalue weighted by molar-refractivity contribution is 7.89. The van der Waals surface area contributed by atoms with Crippen molar-refractivity contribution in [2.45, 2.75) is 24.6 Å². The number of hydrogen-bond acceptors (Lipinski definition) is 5. The summed E-state index contributed by atoms with van der Waals surface area (Å²) in [5, 5.41) is 4.16. The minimum Gasteiger partial charge on any atom is -0.337 e. The Kier molecular flexibility index (Phi) is 4.66. The minimum atomic E-state index is -3.13. The highest BCUT2D eigenvalue weighted by atomic mass is 32.2. The average molecular weight is 348 g/mol. The van der Waals surface area contributed by atoms with E-state index < -0.39 is 9.84 Å². The number of hydrogen-bond donors (Lipinski definition) is 0. The summed E-state index contributed by atoms with van der Waals surface area (Å²) in [6.07, 6.45) is 6.22. The topological polar surface area (TPSA) is 85.2 Å². The first-order chi connectivity index (χ1) is 11.4. The van der Waals surface area contributed by atoms with E-state index in [0.717, 1.165) is 12.8 Å². The van der Waals surface area contributed by atoms with Gasteiger partial charge in [-0.25, -0.2) is 18.1 Å². The number of nitrogens with zero attached hydrogens (tertiary/aromatic N) is 4. The summed E-state index contributed by atoms with van der Waals surface area (Å²) >= 11 is 0. The van der Waals surface area contributed by atoms with E-state index in [0.29, 0.717) is 24.2 Å². The van der Waals surface area contributed by atoms with Crippen molar-refractivity contribution in [2.75, 3.05) is 19.3 Å². The van der Waals surface area contributed by atoms with Gasteiger partial charge in [-0.15, -0.1) is 0 Å². The van der Waals surface area contributed by atoms with Crippen LogP contribution in [0.1, 0.15) is 34.8 Å². The Labute approximate surface area is 141 Å². The highest BCUT2D eigenvalue weighted by Gasteiger charge is 2.26. The number of likely N-dealkylation sites (tertiary alicyclic amines) is 1. The van der Waals surface area contributed by atoms with Crippen molar-refractivity contribution in [3.8, 4) is 0 Å². The van der Waals surface area contributed by atoms with Gasteiger partial charge in [-0.05, 0) is 30.5 Å². The van der Waals surface area contributed by atoms with Crippen LogP contribution in [0.5, 0.6) is 0 Å². The third-order valence-corrected chi connectivity index (χ3v) is 4.95. The van der Waals surface area contributed by atoms with Crippen molar-refractivity contribution in [2.24, 2.45) is 0 Å². The number of carbonyl (C=O) groups is 1. The van der Waals surface area contributed by atoms with Gasteiger partial charge in [-0.1, -0.05) is 12.1 Å². The Morgan fingerprint density at radius 3 is 2.92 bits per heavy atom. The molecule has 0 unspecified atom stereocenters. The SMILES string of the molecule is CS(=O)(=O)Cc1cccc(C(=O)N2CCC[C@@H](n3cncn3)C2)c1. The van der Waals surface area contributed by atoms with Gasteiger partial charge in [0.15, 0.2) is 9.84 Å². The molecule has 8 heteroatoms. The lowest BCUT2D eigenvalue weighted by Gasteiger charge is -2.32. The van der Waals surface area contributed by atoms with Gasteiger partial charge in [0.2, 0.25) is 0 Å². The molecular formula is C16H20N4O3S. The molecule has 1 aliphatic heterocycles. The van der Waals surface area contributed by atoms with Crippen molar-refractivity contribution >= 4 is 15.7 Å². The molecule has 1 aromatic carbocycles. The third kappa shape index (κ3) is 4.00. The number of amides is 1. The fourth-order valence-electron chi connectivity index (χ4n) is 3.04. The van der Waals surface area contributed by atoms with E-state index in [9.17, 15) is 13.2 Å². The molecule has 1 fully saturated rings. The standard InChI is InChI=1S/C16H20N4O3S/c1-24(22,23)10-13-4-2-5-14(8-13)16(21)19-7-3-6-15(9-19)20-12-17-11-18-20/h2,4-5,8,11-12,15H,3,6-7,9-10H2,1H3/t15-/m1/s1. The van der Waals surface area contributed by atoms with Crippen LogP contribution in [0.15, 0.2) is 36.9 Å². The van der Waals surface area contributed by atoms with E-state index in [-0.39, 0.29) is 17.7 Å². The molecule has 1 aromatic heterocycles. The second-order valence-electron chi connectivity index (χ2n) is 6.19. The summed E-state index contributed by atoms with van der Waals surface area (Å²) in [6.45, 7) is 1.28. The molecule has 7 nitrogen and oxygen atoms in total. The van der Waals surface area contributed by atoms with E-state index in [2.05, 4.69) is 10.1 Å². The number of carbonyl (C=O) groups excluding carboxylic acids is 1. The maximum absolute atomic E-state index is 12.8. The van der Waals surface area contributed by atoms with Crippen molar-refractivity contribution in [3.05, 3.63) is 48.0 Å². The van der Waals surface area contributed by atoms with Crippen LogP contribution in [0.25, 0.3) is 0 Å². The van der Waals surface area contributed by atoms with E-state index >= 15 is 0 Å². The zero-order valence-electron chi connectivity index (χ0n) is 13.5. The van der Waals surface area contributed by atoms with Crippen molar-refractivity contribution in [1.29, 1.82) is 0 Å². The zero-order chi connectivity index (χ0) is 17.2. The number of rotatable bonds is 4. The second-order valence-corrected chi connectivity index (χ2v) is 8.33. The number of sulfone groups is 1. The van der Waals surface area contributed by atoms with E-state index in [1.807, 2.05) is 0 Å². The predicted molar refractivity (Wildman–Crippen MR) is 89.2 cm³/mol. The first kappa shape index (κ1) is 16.6. The normalized spacial score (nSPS) is 18.5. The first-order valence-corrected chi connectivity index (χ1v) is 9.88. The molecule has 3 rings (SSSR count). The lowest BCUT2D eigenvalue weighted by atomic mass is 10.0. The fourth-order valence-corrected chi connectivity index (χ4v) is 3.83. The van der Waals surface area contributed by atoms with Gasteiger partial charge in [-0.3, -0.25) is 4.79 Å². The molecule has 1 aliphatic rings. The molecule has 24 heavy (non-hydrogen) atoms. The first-order valence-electron chi connectivity index (χ1n) is 7.82. The van der Waals surface area contributed by atoms with Crippen molar-refractivity contribution in [1.82, 2.24) is 19.7 Å². The summed E-state index contributed by atoms with van der Waals surface area (Å²) in [6, 6.07) is 6.98. The molecule has 0 N–H and O–H groups in total. The Balaban J connectivity index is 1.75. The molecule has 0 saturated carbocycles. The van der Waals surface area contributed by atoms with Crippen LogP contribution in [-0.4, -0.2) is 53.3 Å². The van der Waals surface area contributed by atoms with E-state index in [1.165, 1.54) is 12.6 Å². The zero-order valence-corrected chi connectivity index (χ0v) is 14.3. The smallest absolute Gasteiger partial charge is 0.253 e. The summed E-state index contributed by atoms with van der Waals surface area (Å²) in [5.74, 6) is -0.134. The van der Waals surface area contributed by atoms with Gasteiger partial charge in [0.1, 0.15) is 12.7 Å². The number of piperidine rings is 1. The van der Waals surface area contributed by atoms with Gasteiger partial charge in [0.05, 0.1) is 11.8 Å². The highest BCUT2D eigenvalue weighted by Crippen LogP contribution is 2.22. The molecule has 2 heterocycles. The number of benzene rings is 1. The molecule has 0 bridgehead atoms. The third-order valence-electron chi connectivity index (χ3n) is 4.10. The Bertz CT molecular complexity index is 818. The van der Waals surface area contributed by atoms with Crippen LogP contribution >= 0.6 is 0 Å². The molecule has 0 aliphatic carbocycles. The lowest BCUT2D eigenvalue weighted by molar-refractivity contribution is 0.0672. The van der Waals surface area contributed by atoms with Crippen LogP contribution in [-0.2, 0) is 15.6 Å². The van der Waals surface area contributed by atoms with E-state index in [1.54, 1.807) is 40.2 Å². The number of aromatic nitrogens is 3. The molecule has 2 aromatic rings. The molecule has 0 spiro atoms. The molecule has 1 atom stereocenters. The van der Waals surface area contributed by atoms with Crippen LogP contribution in [0, 0.1) is 0 Å². The van der Waals surface area contributed by atoms with Gasteiger partial charge in [-0.2, -0.15) is 5.10 Å². The molecule has 128 valence electrons. The summed E-state index contributed by atoms with van der Waals surface area (Å²) in [5.41, 5.74) is 1.16. The predicted octanol–water partition coefficient (Wildman–Crippen LogP) is 1.30. The lowest BCUT2D eigenvalue weighted by Crippen LogP contribution is -2.40. The van der Waals surface area contributed by atoms with Crippen LogP contribution in [0.4, 0.5) is 0 Å². The maximum atomic E-state index is 12.8. The minimum absolute atomic E-state index is 0.0598. The van der Waals surface area contributed by atoms with Crippen LogP contribution in [0.3, 0.4) is 0 Å². The maximum Gasteiger partial charge on any atom is 0.253 e. The monoisotopic (exact) mass is 348 g/mol. The van der Waals surface area contributed by atoms with Gasteiger partial charge in [0, 0.05) is 24.9 Å². The fraction of sp³-hybridized carbons (Fsp3) is 0.438. The molecular weight excluding hydrogens is 328 g/mol. The molecule has 0 radical (unpaired) electrons. The largest absolute Gasteiger partial charge is 0.337 e. The Morgan fingerprint density at radius 2 is 2.21 bits per heavy atom. The average Bonchev–Trinajstić information content (AvgIpc) is 3.07. The van der Waals surface area contributed by atoms with Gasteiger partial charge >= 0.3 is 0 Å². The Hall–Kier alpha value is -2.22. The van der Waals surface area contributed by atoms with Crippen LogP contribution < -0.4 is 0 Å². The van der Waals surface area contributed by atoms with Crippen molar-refractivity contribution in [3.63, 3.8) is 0 Å². The van der Waals surface area contributed by atoms with Crippen LogP contribution in [0.2, 0.25) is 0 Å². The quantitative estimate of drug-likeness (QED) is 0.831. The summed E-state index contributed by atoms with van der Waals surface area (Å²) in [4.78, 5) is 18.5. The van der Waals surface area contributed by atoms with Gasteiger partial charge < -0.3 is 4.90 Å². The Morgan fingerprint density at radius 1 is 1.38 bits per heavy atom. The van der Waals surface area contributed by atoms with Gasteiger partial charge in [0.25, 0.3) is 5.91 Å². The molecule has 1 saturated heterocycles. The molecule has 1 amide bonds. The summed E-state index contributed by atoms with van der Waals surface area (Å²) in [7, 11) is -3.13. The van der Waals surface area contributed by atoms with Crippen molar-refractivity contribution < 1.29 is 13.2 Å². The second kappa shape index (κ2) is 6.72. The summed E-state index contributed by atoms with van der Waals surface area (Å²) < 4.78 is 24.7.